The quantitative estimate of drug-likeness (QED) is 0.0335. The minimum atomic E-state index is -1.21. The zero-order valence-electron chi connectivity index (χ0n) is 45.0. The lowest BCUT2D eigenvalue weighted by Gasteiger charge is -2.28. The maximum absolute atomic E-state index is 13.9. The number of hydrogen-bond donors (Lipinski definition) is 13. The van der Waals surface area contributed by atoms with E-state index in [1.807, 2.05) is 41.5 Å². The number of nitrogens with one attached hydrogen (secondary N) is 9. The van der Waals surface area contributed by atoms with Crippen molar-refractivity contribution < 1.29 is 47.9 Å². The predicted molar refractivity (Wildman–Crippen MR) is 276 cm³/mol. The van der Waals surface area contributed by atoms with Gasteiger partial charge in [0, 0.05) is 5.92 Å². The minimum Gasteiger partial charge on any atom is -0.368 e. The molecule has 23 heteroatoms. The summed E-state index contributed by atoms with van der Waals surface area (Å²) in [4.78, 5) is 133. The largest absolute Gasteiger partial charge is 0.368 e. The number of amides is 10. The molecule has 0 unspecified atom stereocenters. The van der Waals surface area contributed by atoms with Gasteiger partial charge >= 0.3 is 0 Å². The van der Waals surface area contributed by atoms with Crippen LogP contribution in [0, 0.1) is 23.7 Å². The molecular formula is C49H93N13O10. The first-order chi connectivity index (χ1) is 33.7. The monoisotopic (exact) mass is 1020 g/mol. The lowest BCUT2D eigenvalue weighted by atomic mass is 10.00. The second kappa shape index (κ2) is 35.7. The molecule has 0 rings (SSSR count). The molecule has 0 aliphatic heterocycles. The van der Waals surface area contributed by atoms with E-state index in [2.05, 4.69) is 47.9 Å². The van der Waals surface area contributed by atoms with Gasteiger partial charge in [-0.1, -0.05) is 54.9 Å². The van der Waals surface area contributed by atoms with Gasteiger partial charge in [-0.25, -0.2) is 0 Å². The molecule has 0 heterocycles. The highest BCUT2D eigenvalue weighted by atomic mass is 16.2. The lowest BCUT2D eigenvalue weighted by molar-refractivity contribution is -0.136. The molecule has 0 radical (unpaired) electrons. The van der Waals surface area contributed by atoms with E-state index in [9.17, 15) is 47.9 Å². The van der Waals surface area contributed by atoms with E-state index in [0.29, 0.717) is 51.7 Å². The number of carbonyl (C=O) groups excluding carboxylic acids is 10. The van der Waals surface area contributed by atoms with E-state index >= 15 is 0 Å². The third-order valence-electron chi connectivity index (χ3n) is 11.8. The molecule has 10 atom stereocenters. The Hall–Kier alpha value is -5.42. The van der Waals surface area contributed by atoms with Crippen LogP contribution in [0.2, 0.25) is 0 Å². The Morgan fingerprint density at radius 3 is 0.903 bits per heavy atom. The third kappa shape index (κ3) is 27.4. The van der Waals surface area contributed by atoms with Crippen molar-refractivity contribution in [1.82, 2.24) is 47.9 Å². The van der Waals surface area contributed by atoms with Crippen LogP contribution in [0.1, 0.15) is 153 Å². The molecule has 72 heavy (non-hydrogen) atoms. The smallest absolute Gasteiger partial charge is 0.243 e. The van der Waals surface area contributed by atoms with Gasteiger partial charge < -0.3 is 70.8 Å². The molecule has 10 amide bonds. The van der Waals surface area contributed by atoms with Crippen LogP contribution in [0.15, 0.2) is 0 Å². The first kappa shape index (κ1) is 66.6. The average Bonchev–Trinajstić information content (AvgIpc) is 3.29. The van der Waals surface area contributed by atoms with Crippen molar-refractivity contribution >= 4 is 59.1 Å². The van der Waals surface area contributed by atoms with Crippen LogP contribution < -0.4 is 70.8 Å². The maximum atomic E-state index is 13.9. The van der Waals surface area contributed by atoms with Gasteiger partial charge in [0.15, 0.2) is 0 Å². The lowest BCUT2D eigenvalue weighted by Crippen LogP contribution is -2.60. The van der Waals surface area contributed by atoms with Gasteiger partial charge in [0.05, 0.1) is 0 Å². The van der Waals surface area contributed by atoms with Crippen LogP contribution in [-0.4, -0.2) is 133 Å². The Kier molecular flexibility index (Phi) is 33.0. The second-order valence-electron chi connectivity index (χ2n) is 20.3. The first-order valence-corrected chi connectivity index (χ1v) is 25.8. The molecule has 0 saturated heterocycles. The van der Waals surface area contributed by atoms with Crippen LogP contribution in [0.3, 0.4) is 0 Å². The summed E-state index contributed by atoms with van der Waals surface area (Å²) in [6, 6.07) is -9.93. The molecule has 0 aromatic rings. The molecule has 0 aromatic carbocycles. The van der Waals surface area contributed by atoms with Crippen molar-refractivity contribution in [3.05, 3.63) is 0 Å². The Morgan fingerprint density at radius 1 is 0.306 bits per heavy atom. The molecule has 0 fully saturated rings. The van der Waals surface area contributed by atoms with E-state index in [4.69, 9.17) is 22.9 Å². The second-order valence-corrected chi connectivity index (χ2v) is 20.3. The summed E-state index contributed by atoms with van der Waals surface area (Å²) in [5, 5.41) is 23.9. The van der Waals surface area contributed by atoms with Crippen LogP contribution in [0.4, 0.5) is 0 Å². The van der Waals surface area contributed by atoms with Crippen LogP contribution in [0.25, 0.3) is 0 Å². The molecule has 0 saturated carbocycles. The maximum Gasteiger partial charge on any atom is 0.243 e. The van der Waals surface area contributed by atoms with Crippen molar-refractivity contribution in [3.8, 4) is 0 Å². The summed E-state index contributed by atoms with van der Waals surface area (Å²) in [6.45, 7) is 19.7. The fraction of sp³-hybridized carbons (Fsp3) is 0.796. The normalized spacial score (nSPS) is 15.5. The van der Waals surface area contributed by atoms with Crippen LogP contribution in [0.5, 0.6) is 0 Å². The number of hydrogen-bond acceptors (Lipinski definition) is 13. The van der Waals surface area contributed by atoms with E-state index in [0.717, 1.165) is 12.8 Å². The Labute approximate surface area is 427 Å². The Morgan fingerprint density at radius 2 is 0.556 bits per heavy atom. The molecule has 23 nitrogen and oxygen atoms in total. The molecule has 0 spiro atoms. The Balaban J connectivity index is 6.07. The molecular weight excluding hydrogens is 931 g/mol. The number of primary amides is 1. The topological polar surface area (TPSA) is 383 Å². The summed E-state index contributed by atoms with van der Waals surface area (Å²) < 4.78 is 0. The summed E-state index contributed by atoms with van der Waals surface area (Å²) in [7, 11) is 0. The minimum absolute atomic E-state index is 0.0436. The van der Waals surface area contributed by atoms with Crippen LogP contribution >= 0.6 is 0 Å². The van der Waals surface area contributed by atoms with Crippen molar-refractivity contribution in [2.45, 2.75) is 208 Å². The van der Waals surface area contributed by atoms with Gasteiger partial charge in [0.25, 0.3) is 0 Å². The fourth-order valence-electron chi connectivity index (χ4n) is 7.36. The van der Waals surface area contributed by atoms with Gasteiger partial charge in [-0.15, -0.1) is 0 Å². The molecule has 0 aromatic heterocycles. The first-order valence-electron chi connectivity index (χ1n) is 25.8. The van der Waals surface area contributed by atoms with Gasteiger partial charge in [0.2, 0.25) is 59.1 Å². The standard InChI is InChI=1S/C49H93N13O10/c1-27(2)24-37(47(70)54-31(8)40(53)63)62-46(69)36(20-14-17-23-52)59-49(72)39(26-29(5)6)61-44(67)34(11)56-42(65)32(9)57-45(68)35(19-13-16-22-51)58-48(71)38(25-28(3)4)60-43(66)33(10)55-41(64)30(7)18-12-15-21-50/h27-39H,12-26,50-52H2,1-11H3,(H2,53,63)(H,54,70)(H,55,64)(H,56,65)(H,57,68)(H,58,71)(H,59,72)(H,60,66)(H,61,67)(H,62,69)/t30-,31-,32-,33-,34-,35-,36-,37-,38-,39-/m0/s1. The SMILES string of the molecule is CC(C)C[C@H](NC(=O)[C@H](C)NC(=O)[C@@H](C)CCCCN)C(=O)N[C@@H](CCCCN)C(=O)N[C@@H](C)C(=O)N[C@@H](C)C(=O)N[C@@H](CC(C)C)C(=O)N[C@@H](CCCCN)C(=O)N[C@@H](CC(C)C)C(=O)N[C@@H](C)C(N)=O. The van der Waals surface area contributed by atoms with Gasteiger partial charge in [-0.2, -0.15) is 0 Å². The van der Waals surface area contributed by atoms with Crippen molar-refractivity contribution in [1.29, 1.82) is 0 Å². The van der Waals surface area contributed by atoms with Crippen LogP contribution in [-0.2, 0) is 47.9 Å². The molecule has 0 aliphatic carbocycles. The Bertz CT molecular complexity index is 1750. The van der Waals surface area contributed by atoms with E-state index < -0.39 is 108 Å². The van der Waals surface area contributed by atoms with E-state index in [-0.39, 0.29) is 61.7 Å². The molecule has 0 bridgehead atoms. The number of unbranched alkanes of at least 4 members (excludes halogenated alkanes) is 3. The summed E-state index contributed by atoms with van der Waals surface area (Å²) in [5.41, 5.74) is 22.3. The zero-order chi connectivity index (χ0) is 55.2. The molecule has 17 N–H and O–H groups in total. The van der Waals surface area contributed by atoms with Gasteiger partial charge in [-0.05, 0) is 136 Å². The van der Waals surface area contributed by atoms with Crippen molar-refractivity contribution in [2.75, 3.05) is 19.6 Å². The average molecular weight is 1020 g/mol. The zero-order valence-corrected chi connectivity index (χ0v) is 45.0. The highest BCUT2D eigenvalue weighted by Crippen LogP contribution is 2.13. The molecule has 414 valence electrons. The number of rotatable bonds is 37. The fourth-order valence-corrected chi connectivity index (χ4v) is 7.36. The van der Waals surface area contributed by atoms with Crippen molar-refractivity contribution in [3.63, 3.8) is 0 Å². The summed E-state index contributed by atoms with van der Waals surface area (Å²) in [5.74, 6) is -7.00. The van der Waals surface area contributed by atoms with Gasteiger partial charge in [-0.3, -0.25) is 47.9 Å². The third-order valence-corrected chi connectivity index (χ3v) is 11.8. The number of nitrogens with two attached hydrogens (primary N) is 4. The van der Waals surface area contributed by atoms with Crippen molar-refractivity contribution in [2.24, 2.45) is 46.6 Å². The van der Waals surface area contributed by atoms with E-state index in [1.165, 1.54) is 27.7 Å². The summed E-state index contributed by atoms with van der Waals surface area (Å²) in [6.07, 6.45) is 4.99. The summed E-state index contributed by atoms with van der Waals surface area (Å²) >= 11 is 0. The highest BCUT2D eigenvalue weighted by molar-refractivity contribution is 5.98. The number of carbonyl (C=O) groups is 10. The van der Waals surface area contributed by atoms with Gasteiger partial charge in [0.1, 0.15) is 54.4 Å². The van der Waals surface area contributed by atoms with E-state index in [1.54, 1.807) is 6.92 Å². The predicted octanol–water partition coefficient (Wildman–Crippen LogP) is -0.924. The highest BCUT2D eigenvalue weighted by Gasteiger charge is 2.34. The molecule has 0 aliphatic rings.